The Morgan fingerprint density at radius 1 is 1.17 bits per heavy atom. The van der Waals surface area contributed by atoms with Crippen LogP contribution in [-0.2, 0) is 0 Å². The molecule has 4 nitrogen and oxygen atoms in total. The molecule has 2 amide bonds. The summed E-state index contributed by atoms with van der Waals surface area (Å²) in [7, 11) is 1.90. The van der Waals surface area contributed by atoms with Crippen LogP contribution in [0.25, 0.3) is 0 Å². The van der Waals surface area contributed by atoms with E-state index >= 15 is 0 Å². The van der Waals surface area contributed by atoms with Crippen molar-refractivity contribution < 1.29 is 4.79 Å². The first-order valence-electron chi connectivity index (χ1n) is 4.47. The highest BCUT2D eigenvalue weighted by Gasteiger charge is 1.95. The summed E-state index contributed by atoms with van der Waals surface area (Å²) in [6, 6.07) is -0.0621. The molecule has 0 radical (unpaired) electrons. The third kappa shape index (κ3) is 7.34. The molecule has 72 valence electrons. The Morgan fingerprint density at radius 2 is 1.83 bits per heavy atom. The molecule has 3 N–H and O–H groups in total. The maximum Gasteiger partial charge on any atom is 0.314 e. The highest BCUT2D eigenvalue weighted by Crippen LogP contribution is 1.74. The molecule has 0 aliphatic rings. The number of carbonyl (C=O) groups is 1. The van der Waals surface area contributed by atoms with Crippen molar-refractivity contribution in [3.63, 3.8) is 0 Å². The molecule has 12 heavy (non-hydrogen) atoms. The minimum atomic E-state index is -0.0621. The van der Waals surface area contributed by atoms with E-state index in [1.807, 2.05) is 14.0 Å². The van der Waals surface area contributed by atoms with E-state index < -0.39 is 0 Å². The molecule has 0 fully saturated rings. The number of urea groups is 1. The molecule has 0 rings (SSSR count). The summed E-state index contributed by atoms with van der Waals surface area (Å²) in [5.74, 6) is 0. The zero-order valence-corrected chi connectivity index (χ0v) is 7.94. The average Bonchev–Trinajstić information content (AvgIpc) is 2.09. The minimum absolute atomic E-state index is 0.0621. The monoisotopic (exact) mass is 173 g/mol. The van der Waals surface area contributed by atoms with E-state index in [0.717, 1.165) is 32.5 Å². The number of rotatable bonds is 6. The topological polar surface area (TPSA) is 53.2 Å². The summed E-state index contributed by atoms with van der Waals surface area (Å²) in [6.07, 6.45) is 1.94. The van der Waals surface area contributed by atoms with Crippen LogP contribution >= 0.6 is 0 Å². The van der Waals surface area contributed by atoms with Crippen LogP contribution in [0.4, 0.5) is 4.79 Å². The number of hydrogen-bond acceptors (Lipinski definition) is 2. The van der Waals surface area contributed by atoms with E-state index in [4.69, 9.17) is 0 Å². The molecule has 0 atom stereocenters. The van der Waals surface area contributed by atoms with Crippen LogP contribution in [0.15, 0.2) is 0 Å². The molecule has 0 aromatic heterocycles. The van der Waals surface area contributed by atoms with Gasteiger partial charge in [0.05, 0.1) is 0 Å². The summed E-state index contributed by atoms with van der Waals surface area (Å²) >= 11 is 0. The molecule has 0 bridgehead atoms. The predicted octanol–water partition coefficient (Wildman–Crippen LogP) is 0.305. The van der Waals surface area contributed by atoms with Gasteiger partial charge >= 0.3 is 6.03 Å². The Bertz CT molecular complexity index is 117. The molecule has 0 saturated heterocycles. The molecule has 0 saturated carbocycles. The SMILES string of the molecule is CCCNC(=O)NCCCNC. The minimum Gasteiger partial charge on any atom is -0.338 e. The summed E-state index contributed by atoms with van der Waals surface area (Å²) in [4.78, 5) is 10.9. The smallest absolute Gasteiger partial charge is 0.314 e. The summed E-state index contributed by atoms with van der Waals surface area (Å²) in [5, 5.41) is 8.51. The fourth-order valence-electron chi connectivity index (χ4n) is 0.768. The Kier molecular flexibility index (Phi) is 7.79. The highest BCUT2D eigenvalue weighted by molar-refractivity contribution is 5.73. The van der Waals surface area contributed by atoms with Gasteiger partial charge in [-0.3, -0.25) is 0 Å². The maximum atomic E-state index is 10.9. The first-order chi connectivity index (χ1) is 5.81. The second-order valence-electron chi connectivity index (χ2n) is 2.64. The number of carbonyl (C=O) groups excluding carboxylic acids is 1. The highest BCUT2D eigenvalue weighted by atomic mass is 16.2. The Balaban J connectivity index is 3.08. The quantitative estimate of drug-likeness (QED) is 0.506. The van der Waals surface area contributed by atoms with Crippen LogP contribution < -0.4 is 16.0 Å². The van der Waals surface area contributed by atoms with Gasteiger partial charge < -0.3 is 16.0 Å². The van der Waals surface area contributed by atoms with Gasteiger partial charge in [-0.25, -0.2) is 4.79 Å². The van der Waals surface area contributed by atoms with E-state index in [-0.39, 0.29) is 6.03 Å². The largest absolute Gasteiger partial charge is 0.338 e. The molecular weight excluding hydrogens is 154 g/mol. The second kappa shape index (κ2) is 8.33. The van der Waals surface area contributed by atoms with Crippen molar-refractivity contribution >= 4 is 6.03 Å². The van der Waals surface area contributed by atoms with Gasteiger partial charge in [0.15, 0.2) is 0 Å². The first kappa shape index (κ1) is 11.2. The lowest BCUT2D eigenvalue weighted by Gasteiger charge is -2.05. The number of amides is 2. The standard InChI is InChI=1S/C8H19N3O/c1-3-5-10-8(12)11-7-4-6-9-2/h9H,3-7H2,1-2H3,(H2,10,11,12). The van der Waals surface area contributed by atoms with Gasteiger partial charge in [0.2, 0.25) is 0 Å². The fourth-order valence-corrected chi connectivity index (χ4v) is 0.768. The van der Waals surface area contributed by atoms with Crippen LogP contribution in [0.5, 0.6) is 0 Å². The van der Waals surface area contributed by atoms with Crippen molar-refractivity contribution in [2.24, 2.45) is 0 Å². The molecule has 0 heterocycles. The van der Waals surface area contributed by atoms with Crippen molar-refractivity contribution in [2.75, 3.05) is 26.7 Å². The lowest BCUT2D eigenvalue weighted by molar-refractivity contribution is 0.241. The zero-order valence-electron chi connectivity index (χ0n) is 7.94. The van der Waals surface area contributed by atoms with Crippen LogP contribution in [0.2, 0.25) is 0 Å². The summed E-state index contributed by atoms with van der Waals surface area (Å²) in [5.41, 5.74) is 0. The number of nitrogens with one attached hydrogen (secondary N) is 3. The van der Waals surface area contributed by atoms with Crippen LogP contribution in [-0.4, -0.2) is 32.7 Å². The Labute approximate surface area is 74.1 Å². The predicted molar refractivity (Wildman–Crippen MR) is 50.2 cm³/mol. The third-order valence-corrected chi connectivity index (χ3v) is 1.42. The summed E-state index contributed by atoms with van der Waals surface area (Å²) < 4.78 is 0. The van der Waals surface area contributed by atoms with E-state index in [2.05, 4.69) is 16.0 Å². The molecule has 0 aliphatic carbocycles. The van der Waals surface area contributed by atoms with Crippen molar-refractivity contribution in [3.05, 3.63) is 0 Å². The molecule has 0 aromatic carbocycles. The summed E-state index contributed by atoms with van der Waals surface area (Å²) in [6.45, 7) is 4.45. The van der Waals surface area contributed by atoms with Gasteiger partial charge in [-0.1, -0.05) is 6.92 Å². The first-order valence-corrected chi connectivity index (χ1v) is 4.47. The van der Waals surface area contributed by atoms with Crippen LogP contribution in [0, 0.1) is 0 Å². The zero-order chi connectivity index (χ0) is 9.23. The van der Waals surface area contributed by atoms with Gasteiger partial charge in [0.1, 0.15) is 0 Å². The van der Waals surface area contributed by atoms with Gasteiger partial charge in [-0.2, -0.15) is 0 Å². The molecule has 0 spiro atoms. The van der Waals surface area contributed by atoms with Crippen molar-refractivity contribution in [2.45, 2.75) is 19.8 Å². The maximum absolute atomic E-state index is 10.9. The second-order valence-corrected chi connectivity index (χ2v) is 2.64. The van der Waals surface area contributed by atoms with E-state index in [9.17, 15) is 4.79 Å². The lowest BCUT2D eigenvalue weighted by Crippen LogP contribution is -2.36. The van der Waals surface area contributed by atoms with Crippen molar-refractivity contribution in [1.29, 1.82) is 0 Å². The molecular formula is C8H19N3O. The van der Waals surface area contributed by atoms with Crippen LogP contribution in [0.1, 0.15) is 19.8 Å². The van der Waals surface area contributed by atoms with E-state index in [1.165, 1.54) is 0 Å². The van der Waals surface area contributed by atoms with Crippen LogP contribution in [0.3, 0.4) is 0 Å². The average molecular weight is 173 g/mol. The lowest BCUT2D eigenvalue weighted by atomic mass is 10.4. The molecule has 0 unspecified atom stereocenters. The number of hydrogen-bond donors (Lipinski definition) is 3. The van der Waals surface area contributed by atoms with E-state index in [0.29, 0.717) is 0 Å². The van der Waals surface area contributed by atoms with E-state index in [1.54, 1.807) is 0 Å². The van der Waals surface area contributed by atoms with Gasteiger partial charge in [-0.05, 0) is 26.4 Å². The molecule has 0 aliphatic heterocycles. The Morgan fingerprint density at radius 3 is 2.42 bits per heavy atom. The van der Waals surface area contributed by atoms with Gasteiger partial charge in [0, 0.05) is 13.1 Å². The van der Waals surface area contributed by atoms with Crippen molar-refractivity contribution in [1.82, 2.24) is 16.0 Å². The molecule has 4 heteroatoms. The van der Waals surface area contributed by atoms with Gasteiger partial charge in [0.25, 0.3) is 0 Å². The van der Waals surface area contributed by atoms with Gasteiger partial charge in [-0.15, -0.1) is 0 Å². The Hall–Kier alpha value is -0.770. The molecule has 0 aromatic rings. The normalized spacial score (nSPS) is 9.50. The van der Waals surface area contributed by atoms with Crippen molar-refractivity contribution in [3.8, 4) is 0 Å². The third-order valence-electron chi connectivity index (χ3n) is 1.42. The fraction of sp³-hybridized carbons (Fsp3) is 0.875.